The largest absolute Gasteiger partial charge is 0.496 e. The van der Waals surface area contributed by atoms with E-state index in [1.165, 1.54) is 5.56 Å². The SMILES string of the molecule is COc1cc(Cl)ccc1CNC/C=C/c1ccccc1. The van der Waals surface area contributed by atoms with Crippen LogP contribution in [0.15, 0.2) is 54.6 Å². The zero-order valence-electron chi connectivity index (χ0n) is 11.5. The van der Waals surface area contributed by atoms with Gasteiger partial charge in [-0.2, -0.15) is 0 Å². The summed E-state index contributed by atoms with van der Waals surface area (Å²) in [5, 5.41) is 4.05. The van der Waals surface area contributed by atoms with E-state index in [9.17, 15) is 0 Å². The monoisotopic (exact) mass is 287 g/mol. The van der Waals surface area contributed by atoms with Crippen molar-refractivity contribution in [3.8, 4) is 5.75 Å². The predicted molar refractivity (Wildman–Crippen MR) is 85.2 cm³/mol. The number of rotatable bonds is 6. The van der Waals surface area contributed by atoms with Gasteiger partial charge in [-0.25, -0.2) is 0 Å². The Hall–Kier alpha value is -1.77. The van der Waals surface area contributed by atoms with E-state index in [2.05, 4.69) is 29.6 Å². The van der Waals surface area contributed by atoms with Crippen LogP contribution < -0.4 is 10.1 Å². The molecular formula is C17H18ClNO. The first-order chi connectivity index (χ1) is 9.79. The Balaban J connectivity index is 1.83. The molecular weight excluding hydrogens is 270 g/mol. The average Bonchev–Trinajstić information content (AvgIpc) is 2.49. The molecule has 20 heavy (non-hydrogen) atoms. The van der Waals surface area contributed by atoms with E-state index in [-0.39, 0.29) is 0 Å². The zero-order valence-corrected chi connectivity index (χ0v) is 12.2. The Labute approximate surface area is 125 Å². The lowest BCUT2D eigenvalue weighted by Crippen LogP contribution is -2.13. The van der Waals surface area contributed by atoms with E-state index in [1.807, 2.05) is 36.4 Å². The molecule has 0 fully saturated rings. The number of benzene rings is 2. The molecule has 0 bridgehead atoms. The predicted octanol–water partition coefficient (Wildman–Crippen LogP) is 4.15. The smallest absolute Gasteiger partial charge is 0.124 e. The van der Waals surface area contributed by atoms with Gasteiger partial charge in [0.2, 0.25) is 0 Å². The van der Waals surface area contributed by atoms with E-state index >= 15 is 0 Å². The van der Waals surface area contributed by atoms with Gasteiger partial charge in [-0.15, -0.1) is 0 Å². The molecule has 0 saturated heterocycles. The molecule has 2 aromatic rings. The second kappa shape index (κ2) is 7.73. The summed E-state index contributed by atoms with van der Waals surface area (Å²) in [5.41, 5.74) is 2.31. The molecule has 104 valence electrons. The fourth-order valence-electron chi connectivity index (χ4n) is 1.91. The molecule has 2 rings (SSSR count). The highest BCUT2D eigenvalue weighted by Crippen LogP contribution is 2.22. The highest BCUT2D eigenvalue weighted by atomic mass is 35.5. The fraction of sp³-hybridized carbons (Fsp3) is 0.176. The third kappa shape index (κ3) is 4.41. The lowest BCUT2D eigenvalue weighted by Gasteiger charge is -2.09. The number of methoxy groups -OCH3 is 1. The van der Waals surface area contributed by atoms with E-state index in [0.717, 1.165) is 24.4 Å². The number of halogens is 1. The fourth-order valence-corrected chi connectivity index (χ4v) is 2.08. The zero-order chi connectivity index (χ0) is 14.2. The Kier molecular flexibility index (Phi) is 5.66. The van der Waals surface area contributed by atoms with E-state index in [4.69, 9.17) is 16.3 Å². The van der Waals surface area contributed by atoms with Crippen molar-refractivity contribution in [1.29, 1.82) is 0 Å². The van der Waals surface area contributed by atoms with Gasteiger partial charge in [0, 0.05) is 23.7 Å². The third-order valence-corrected chi connectivity index (χ3v) is 3.17. The Morgan fingerprint density at radius 2 is 1.95 bits per heavy atom. The maximum absolute atomic E-state index is 5.94. The van der Waals surface area contributed by atoms with Gasteiger partial charge in [0.15, 0.2) is 0 Å². The highest BCUT2D eigenvalue weighted by Gasteiger charge is 2.02. The first kappa shape index (κ1) is 14.6. The molecule has 0 aliphatic heterocycles. The molecule has 0 saturated carbocycles. The van der Waals surface area contributed by atoms with Crippen molar-refractivity contribution < 1.29 is 4.74 Å². The summed E-state index contributed by atoms with van der Waals surface area (Å²) in [6, 6.07) is 15.9. The minimum Gasteiger partial charge on any atom is -0.496 e. The Morgan fingerprint density at radius 3 is 2.70 bits per heavy atom. The van der Waals surface area contributed by atoms with Gasteiger partial charge in [0.1, 0.15) is 5.75 Å². The Morgan fingerprint density at radius 1 is 1.15 bits per heavy atom. The number of hydrogen-bond donors (Lipinski definition) is 1. The molecule has 3 heteroatoms. The molecule has 0 aromatic heterocycles. The number of ether oxygens (including phenoxy) is 1. The van der Waals surface area contributed by atoms with Crippen molar-refractivity contribution in [2.24, 2.45) is 0 Å². The summed E-state index contributed by atoms with van der Waals surface area (Å²) in [6.45, 7) is 1.56. The molecule has 0 aliphatic rings. The number of hydrogen-bond acceptors (Lipinski definition) is 2. The molecule has 0 heterocycles. The molecule has 1 N–H and O–H groups in total. The van der Waals surface area contributed by atoms with Crippen molar-refractivity contribution in [3.63, 3.8) is 0 Å². The second-order valence-electron chi connectivity index (χ2n) is 4.40. The van der Waals surface area contributed by atoms with Gasteiger partial charge in [-0.05, 0) is 17.7 Å². The van der Waals surface area contributed by atoms with Crippen LogP contribution in [0.25, 0.3) is 6.08 Å². The van der Waals surface area contributed by atoms with Gasteiger partial charge in [0.05, 0.1) is 7.11 Å². The van der Waals surface area contributed by atoms with E-state index in [1.54, 1.807) is 7.11 Å². The summed E-state index contributed by atoms with van der Waals surface area (Å²) < 4.78 is 5.31. The first-order valence-corrected chi connectivity index (χ1v) is 6.92. The van der Waals surface area contributed by atoms with Crippen LogP contribution in [-0.4, -0.2) is 13.7 Å². The van der Waals surface area contributed by atoms with Crippen LogP contribution in [0, 0.1) is 0 Å². The van der Waals surface area contributed by atoms with Gasteiger partial charge < -0.3 is 10.1 Å². The normalized spacial score (nSPS) is 10.9. The van der Waals surface area contributed by atoms with Crippen LogP contribution in [-0.2, 0) is 6.54 Å². The van der Waals surface area contributed by atoms with Crippen molar-refractivity contribution in [1.82, 2.24) is 5.32 Å². The van der Waals surface area contributed by atoms with E-state index in [0.29, 0.717) is 5.02 Å². The topological polar surface area (TPSA) is 21.3 Å². The summed E-state index contributed by atoms with van der Waals surface area (Å²) in [6.07, 6.45) is 4.21. The van der Waals surface area contributed by atoms with Crippen molar-refractivity contribution in [2.75, 3.05) is 13.7 Å². The van der Waals surface area contributed by atoms with Crippen molar-refractivity contribution >= 4 is 17.7 Å². The van der Waals surface area contributed by atoms with Crippen LogP contribution >= 0.6 is 11.6 Å². The highest BCUT2D eigenvalue weighted by molar-refractivity contribution is 6.30. The summed E-state index contributed by atoms with van der Waals surface area (Å²) in [5.74, 6) is 0.817. The molecule has 0 spiro atoms. The maximum atomic E-state index is 5.94. The molecule has 2 nitrogen and oxygen atoms in total. The van der Waals surface area contributed by atoms with Gasteiger partial charge >= 0.3 is 0 Å². The van der Waals surface area contributed by atoms with Crippen molar-refractivity contribution in [3.05, 3.63) is 70.8 Å². The third-order valence-electron chi connectivity index (χ3n) is 2.94. The molecule has 0 unspecified atom stereocenters. The van der Waals surface area contributed by atoms with Crippen LogP contribution in [0.5, 0.6) is 5.75 Å². The molecule has 0 atom stereocenters. The molecule has 0 aliphatic carbocycles. The second-order valence-corrected chi connectivity index (χ2v) is 4.84. The van der Waals surface area contributed by atoms with Crippen LogP contribution in [0.4, 0.5) is 0 Å². The summed E-state index contributed by atoms with van der Waals surface area (Å²) in [7, 11) is 1.66. The number of nitrogens with one attached hydrogen (secondary N) is 1. The summed E-state index contributed by atoms with van der Waals surface area (Å²) in [4.78, 5) is 0. The minimum absolute atomic E-state index is 0.689. The standard InChI is InChI=1S/C17H18ClNO/c1-20-17-12-16(18)10-9-15(17)13-19-11-5-8-14-6-3-2-4-7-14/h2-10,12,19H,11,13H2,1H3/b8-5+. The quantitative estimate of drug-likeness (QED) is 0.806. The minimum atomic E-state index is 0.689. The van der Waals surface area contributed by atoms with Crippen molar-refractivity contribution in [2.45, 2.75) is 6.54 Å². The molecule has 0 radical (unpaired) electrons. The molecule has 0 amide bonds. The summed E-state index contributed by atoms with van der Waals surface area (Å²) >= 11 is 5.94. The maximum Gasteiger partial charge on any atom is 0.124 e. The first-order valence-electron chi connectivity index (χ1n) is 6.54. The lowest BCUT2D eigenvalue weighted by molar-refractivity contribution is 0.408. The lowest BCUT2D eigenvalue weighted by atomic mass is 10.2. The van der Waals surface area contributed by atoms with Crippen LogP contribution in [0.1, 0.15) is 11.1 Å². The van der Waals surface area contributed by atoms with Crippen LogP contribution in [0.2, 0.25) is 5.02 Å². The van der Waals surface area contributed by atoms with Gasteiger partial charge in [-0.1, -0.05) is 60.2 Å². The van der Waals surface area contributed by atoms with Gasteiger partial charge in [0.25, 0.3) is 0 Å². The average molecular weight is 288 g/mol. The van der Waals surface area contributed by atoms with E-state index < -0.39 is 0 Å². The van der Waals surface area contributed by atoms with Gasteiger partial charge in [-0.3, -0.25) is 0 Å². The van der Waals surface area contributed by atoms with Crippen LogP contribution in [0.3, 0.4) is 0 Å². The Bertz CT molecular complexity index is 566. The molecule has 2 aromatic carbocycles.